The molecular weight excluding hydrogens is 188 g/mol. The molecular formula is C13H20O2. The molecule has 2 heteroatoms. The molecule has 0 amide bonds. The molecule has 84 valence electrons. The second-order valence-corrected chi connectivity index (χ2v) is 4.80. The molecule has 0 spiro atoms. The highest BCUT2D eigenvalue weighted by Gasteiger charge is 2.31. The molecule has 0 radical (unpaired) electrons. The summed E-state index contributed by atoms with van der Waals surface area (Å²) in [6, 6.07) is 0. The highest BCUT2D eigenvalue weighted by atomic mass is 16.3. The maximum absolute atomic E-state index is 12.1. The summed E-state index contributed by atoms with van der Waals surface area (Å²) in [5, 5.41) is 9.82. The maximum atomic E-state index is 12.1. The highest BCUT2D eigenvalue weighted by Crippen LogP contribution is 2.30. The zero-order valence-corrected chi connectivity index (χ0v) is 9.24. The number of aliphatic hydroxyl groups excluding tert-OH is 1. The van der Waals surface area contributed by atoms with Gasteiger partial charge in [-0.05, 0) is 44.1 Å². The number of ketones is 1. The van der Waals surface area contributed by atoms with Gasteiger partial charge in [-0.25, -0.2) is 0 Å². The first-order chi connectivity index (χ1) is 7.29. The molecule has 15 heavy (non-hydrogen) atoms. The van der Waals surface area contributed by atoms with Gasteiger partial charge in [-0.2, -0.15) is 0 Å². The Morgan fingerprint density at radius 1 is 1.20 bits per heavy atom. The number of hydrogen-bond donors (Lipinski definition) is 1. The third-order valence-corrected chi connectivity index (χ3v) is 3.67. The van der Waals surface area contributed by atoms with Gasteiger partial charge in [0.25, 0.3) is 0 Å². The molecule has 1 N–H and O–H groups in total. The number of hydrogen-bond acceptors (Lipinski definition) is 2. The van der Waals surface area contributed by atoms with E-state index in [9.17, 15) is 9.90 Å². The third kappa shape index (κ3) is 2.49. The molecule has 0 aromatic carbocycles. The van der Waals surface area contributed by atoms with Gasteiger partial charge in [0.15, 0.2) is 5.78 Å². The van der Waals surface area contributed by atoms with Gasteiger partial charge in [0.2, 0.25) is 0 Å². The Morgan fingerprint density at radius 3 is 2.67 bits per heavy atom. The van der Waals surface area contributed by atoms with Crippen molar-refractivity contribution in [3.05, 3.63) is 11.6 Å². The van der Waals surface area contributed by atoms with Crippen LogP contribution in [0, 0.1) is 5.92 Å². The molecule has 2 unspecified atom stereocenters. The van der Waals surface area contributed by atoms with Gasteiger partial charge in [0, 0.05) is 5.92 Å². The first kappa shape index (κ1) is 10.9. The Bertz CT molecular complexity index is 268. The van der Waals surface area contributed by atoms with Crippen LogP contribution in [0.15, 0.2) is 11.6 Å². The summed E-state index contributed by atoms with van der Waals surface area (Å²) in [4.78, 5) is 12.1. The molecule has 0 aromatic rings. The summed E-state index contributed by atoms with van der Waals surface area (Å²) in [5.74, 6) is 0.144. The Balaban J connectivity index is 2.02. The fourth-order valence-electron chi connectivity index (χ4n) is 2.72. The summed E-state index contributed by atoms with van der Waals surface area (Å²) in [7, 11) is 0. The predicted octanol–water partition coefficient (Wildman–Crippen LogP) is 2.61. The minimum Gasteiger partial charge on any atom is -0.392 e. The standard InChI is InChI=1S/C13H20O2/c14-12-9-5-4-8-11(12)13(15)10-6-2-1-3-7-10/h6,11-12,14H,1-5,7-9H2. The monoisotopic (exact) mass is 208 g/mol. The molecule has 2 rings (SSSR count). The van der Waals surface area contributed by atoms with E-state index in [1.807, 2.05) is 0 Å². The van der Waals surface area contributed by atoms with E-state index in [4.69, 9.17) is 0 Å². The molecule has 0 saturated heterocycles. The van der Waals surface area contributed by atoms with Crippen molar-refractivity contribution in [1.82, 2.24) is 0 Å². The van der Waals surface area contributed by atoms with Crippen LogP contribution in [-0.4, -0.2) is 17.0 Å². The van der Waals surface area contributed by atoms with Gasteiger partial charge in [0.1, 0.15) is 0 Å². The molecule has 2 aliphatic rings. The van der Waals surface area contributed by atoms with Crippen LogP contribution in [0.25, 0.3) is 0 Å². The van der Waals surface area contributed by atoms with Crippen LogP contribution in [0.5, 0.6) is 0 Å². The lowest BCUT2D eigenvalue weighted by Gasteiger charge is -2.27. The lowest BCUT2D eigenvalue weighted by Crippen LogP contribution is -2.32. The second kappa shape index (κ2) is 4.93. The van der Waals surface area contributed by atoms with Crippen LogP contribution in [0.2, 0.25) is 0 Å². The van der Waals surface area contributed by atoms with Crippen LogP contribution < -0.4 is 0 Å². The van der Waals surface area contributed by atoms with Gasteiger partial charge < -0.3 is 5.11 Å². The fraction of sp³-hybridized carbons (Fsp3) is 0.769. The number of carbonyl (C=O) groups excluding carboxylic acids is 1. The molecule has 2 atom stereocenters. The number of aliphatic hydroxyl groups is 1. The molecule has 1 saturated carbocycles. The number of Topliss-reactive ketones (excluding diaryl/α,β-unsaturated/α-hetero) is 1. The smallest absolute Gasteiger partial charge is 0.164 e. The third-order valence-electron chi connectivity index (χ3n) is 3.67. The van der Waals surface area contributed by atoms with Crippen LogP contribution in [0.1, 0.15) is 51.4 Å². The lowest BCUT2D eigenvalue weighted by atomic mass is 9.79. The van der Waals surface area contributed by atoms with E-state index in [1.165, 1.54) is 6.42 Å². The van der Waals surface area contributed by atoms with E-state index in [0.29, 0.717) is 0 Å². The van der Waals surface area contributed by atoms with E-state index in [2.05, 4.69) is 6.08 Å². The van der Waals surface area contributed by atoms with Gasteiger partial charge in [-0.1, -0.05) is 18.9 Å². The molecule has 2 nitrogen and oxygen atoms in total. The average Bonchev–Trinajstić information content (AvgIpc) is 2.30. The van der Waals surface area contributed by atoms with Gasteiger partial charge >= 0.3 is 0 Å². The summed E-state index contributed by atoms with van der Waals surface area (Å²) in [6.07, 6.45) is 9.91. The summed E-state index contributed by atoms with van der Waals surface area (Å²) in [6.45, 7) is 0. The first-order valence-electron chi connectivity index (χ1n) is 6.20. The lowest BCUT2D eigenvalue weighted by molar-refractivity contribution is -0.124. The van der Waals surface area contributed by atoms with Crippen molar-refractivity contribution < 1.29 is 9.90 Å². The zero-order valence-electron chi connectivity index (χ0n) is 9.24. The molecule has 0 heterocycles. The molecule has 0 bridgehead atoms. The predicted molar refractivity (Wildman–Crippen MR) is 59.5 cm³/mol. The Morgan fingerprint density at radius 2 is 2.00 bits per heavy atom. The largest absolute Gasteiger partial charge is 0.392 e. The van der Waals surface area contributed by atoms with Crippen molar-refractivity contribution in [3.63, 3.8) is 0 Å². The topological polar surface area (TPSA) is 37.3 Å². The molecule has 1 fully saturated rings. The van der Waals surface area contributed by atoms with Crippen molar-refractivity contribution in [3.8, 4) is 0 Å². The average molecular weight is 208 g/mol. The Labute approximate surface area is 91.4 Å². The SMILES string of the molecule is O=C(C1=CCCCC1)C1CCCCC1O. The highest BCUT2D eigenvalue weighted by molar-refractivity contribution is 5.97. The van der Waals surface area contributed by atoms with Crippen molar-refractivity contribution in [2.24, 2.45) is 5.92 Å². The van der Waals surface area contributed by atoms with Crippen molar-refractivity contribution in [2.45, 2.75) is 57.5 Å². The van der Waals surface area contributed by atoms with Crippen LogP contribution in [-0.2, 0) is 4.79 Å². The normalized spacial score (nSPS) is 32.2. The van der Waals surface area contributed by atoms with E-state index in [1.54, 1.807) is 0 Å². The second-order valence-electron chi connectivity index (χ2n) is 4.80. The molecule has 0 aromatic heterocycles. The summed E-state index contributed by atoms with van der Waals surface area (Å²) >= 11 is 0. The van der Waals surface area contributed by atoms with E-state index in [0.717, 1.165) is 50.5 Å². The van der Waals surface area contributed by atoms with Gasteiger partial charge in [-0.3, -0.25) is 4.79 Å². The Hall–Kier alpha value is -0.630. The molecule has 2 aliphatic carbocycles. The summed E-state index contributed by atoms with van der Waals surface area (Å²) in [5.41, 5.74) is 0.993. The van der Waals surface area contributed by atoms with E-state index >= 15 is 0 Å². The first-order valence-corrected chi connectivity index (χ1v) is 6.20. The number of rotatable bonds is 2. The van der Waals surface area contributed by atoms with Crippen molar-refractivity contribution in [2.75, 3.05) is 0 Å². The van der Waals surface area contributed by atoms with Crippen LogP contribution in [0.3, 0.4) is 0 Å². The summed E-state index contributed by atoms with van der Waals surface area (Å²) < 4.78 is 0. The van der Waals surface area contributed by atoms with Crippen molar-refractivity contribution in [1.29, 1.82) is 0 Å². The molecule has 0 aliphatic heterocycles. The van der Waals surface area contributed by atoms with Crippen LogP contribution in [0.4, 0.5) is 0 Å². The maximum Gasteiger partial charge on any atom is 0.164 e. The zero-order chi connectivity index (χ0) is 10.7. The number of carbonyl (C=O) groups is 1. The quantitative estimate of drug-likeness (QED) is 0.757. The van der Waals surface area contributed by atoms with Crippen molar-refractivity contribution >= 4 is 5.78 Å². The van der Waals surface area contributed by atoms with Crippen LogP contribution >= 0.6 is 0 Å². The minimum atomic E-state index is -0.380. The minimum absolute atomic E-state index is 0.0944. The van der Waals surface area contributed by atoms with Gasteiger partial charge in [0.05, 0.1) is 6.10 Å². The number of allylic oxidation sites excluding steroid dienone is 2. The van der Waals surface area contributed by atoms with E-state index in [-0.39, 0.29) is 17.8 Å². The van der Waals surface area contributed by atoms with Gasteiger partial charge in [-0.15, -0.1) is 0 Å². The van der Waals surface area contributed by atoms with E-state index < -0.39 is 0 Å². The Kier molecular flexibility index (Phi) is 3.57. The fourth-order valence-corrected chi connectivity index (χ4v) is 2.72.